The minimum atomic E-state index is -0.0841. The van der Waals surface area contributed by atoms with Crippen molar-refractivity contribution in [1.82, 2.24) is 0 Å². The molecular weight excluding hydrogens is 496 g/mol. The highest BCUT2D eigenvalue weighted by Crippen LogP contribution is 2.39. The van der Waals surface area contributed by atoms with Crippen LogP contribution < -0.4 is 9.47 Å². The third-order valence-electron chi connectivity index (χ3n) is 8.06. The van der Waals surface area contributed by atoms with E-state index < -0.39 is 0 Å². The van der Waals surface area contributed by atoms with Gasteiger partial charge in [-0.2, -0.15) is 0 Å². The van der Waals surface area contributed by atoms with E-state index in [4.69, 9.17) is 9.47 Å². The van der Waals surface area contributed by atoms with Crippen LogP contribution in [0, 0.1) is 11.8 Å². The summed E-state index contributed by atoms with van der Waals surface area (Å²) in [4.78, 5) is 0. The van der Waals surface area contributed by atoms with Crippen LogP contribution in [0.15, 0.2) is 60.7 Å². The molecule has 4 heteroatoms. The van der Waals surface area contributed by atoms with Crippen LogP contribution in [-0.2, 0) is 13.2 Å². The number of ether oxygens (including phenoxy) is 2. The van der Waals surface area contributed by atoms with Gasteiger partial charge in [-0.05, 0) is 82.3 Å². The van der Waals surface area contributed by atoms with Crippen LogP contribution >= 0.6 is 0 Å². The molecule has 0 fully saturated rings. The van der Waals surface area contributed by atoms with Crippen molar-refractivity contribution in [3.63, 3.8) is 0 Å². The molecule has 0 aliphatic heterocycles. The minimum absolute atomic E-state index is 0.0841. The Hall–Kier alpha value is -2.82. The van der Waals surface area contributed by atoms with Crippen molar-refractivity contribution in [2.75, 3.05) is 13.2 Å². The zero-order valence-corrected chi connectivity index (χ0v) is 25.1. The van der Waals surface area contributed by atoms with Gasteiger partial charge < -0.3 is 19.7 Å². The molecule has 2 unspecified atom stereocenters. The summed E-state index contributed by atoms with van der Waals surface area (Å²) in [6.07, 6.45) is 9.53. The number of hydrogen-bond acceptors (Lipinski definition) is 4. The first-order valence-corrected chi connectivity index (χ1v) is 15.4. The maximum Gasteiger partial charge on any atom is 0.119 e. The van der Waals surface area contributed by atoms with Crippen LogP contribution in [0.3, 0.4) is 0 Å². The molecule has 3 rings (SSSR count). The van der Waals surface area contributed by atoms with Gasteiger partial charge >= 0.3 is 0 Å². The van der Waals surface area contributed by atoms with E-state index >= 15 is 0 Å². The fraction of sp³-hybridized carbons (Fsp3) is 0.500. The van der Waals surface area contributed by atoms with Gasteiger partial charge in [0.15, 0.2) is 0 Å². The Bertz CT molecular complexity index is 1030. The van der Waals surface area contributed by atoms with Crippen LogP contribution in [0.2, 0.25) is 0 Å². The van der Waals surface area contributed by atoms with Gasteiger partial charge in [-0.1, -0.05) is 103 Å². The number of unbranched alkanes of at least 4 members (excludes halogenated alkanes) is 2. The van der Waals surface area contributed by atoms with Crippen molar-refractivity contribution < 1.29 is 19.7 Å². The highest BCUT2D eigenvalue weighted by Gasteiger charge is 2.17. The Morgan fingerprint density at radius 2 is 0.925 bits per heavy atom. The largest absolute Gasteiger partial charge is 0.493 e. The van der Waals surface area contributed by atoms with Crippen LogP contribution in [-0.4, -0.2) is 23.4 Å². The molecule has 0 spiro atoms. The zero-order valence-electron chi connectivity index (χ0n) is 25.1. The Labute approximate surface area is 242 Å². The molecule has 0 heterocycles. The number of aliphatic hydroxyl groups is 2. The Morgan fingerprint density at radius 1 is 0.550 bits per heavy atom. The third-order valence-corrected chi connectivity index (χ3v) is 8.06. The van der Waals surface area contributed by atoms with Crippen molar-refractivity contribution in [1.29, 1.82) is 0 Å². The van der Waals surface area contributed by atoms with Gasteiger partial charge in [0.05, 0.1) is 26.4 Å². The van der Waals surface area contributed by atoms with Crippen molar-refractivity contribution in [3.8, 4) is 33.8 Å². The average molecular weight is 547 g/mol. The lowest BCUT2D eigenvalue weighted by molar-refractivity contribution is 0.233. The summed E-state index contributed by atoms with van der Waals surface area (Å²) in [5, 5.41) is 20.5. The number of benzene rings is 3. The lowest BCUT2D eigenvalue weighted by atomic mass is 9.87. The molecule has 0 radical (unpaired) electrons. The second kappa shape index (κ2) is 17.1. The number of aliphatic hydroxyl groups excluding tert-OH is 2. The predicted octanol–water partition coefficient (Wildman–Crippen LogP) is 9.20. The van der Waals surface area contributed by atoms with Gasteiger partial charge in [-0.3, -0.25) is 0 Å². The van der Waals surface area contributed by atoms with E-state index in [9.17, 15) is 10.2 Å². The minimum Gasteiger partial charge on any atom is -0.493 e. The molecule has 0 bridgehead atoms. The number of rotatable bonds is 18. The van der Waals surface area contributed by atoms with Gasteiger partial charge in [0, 0.05) is 0 Å². The molecular formula is C36H50O4. The monoisotopic (exact) mass is 546 g/mol. The summed E-state index contributed by atoms with van der Waals surface area (Å²) in [6, 6.07) is 20.1. The smallest absolute Gasteiger partial charge is 0.119 e. The van der Waals surface area contributed by atoms with E-state index in [2.05, 4.69) is 52.0 Å². The van der Waals surface area contributed by atoms with Crippen LogP contribution in [0.4, 0.5) is 0 Å². The van der Waals surface area contributed by atoms with Crippen molar-refractivity contribution in [3.05, 3.63) is 71.8 Å². The van der Waals surface area contributed by atoms with E-state index in [1.54, 1.807) is 0 Å². The van der Waals surface area contributed by atoms with E-state index in [0.717, 1.165) is 70.9 Å². The number of hydrogen-bond donors (Lipinski definition) is 2. The highest BCUT2D eigenvalue weighted by molar-refractivity contribution is 5.88. The fourth-order valence-corrected chi connectivity index (χ4v) is 5.27. The van der Waals surface area contributed by atoms with E-state index in [0.29, 0.717) is 11.8 Å². The Morgan fingerprint density at radius 3 is 1.23 bits per heavy atom. The van der Waals surface area contributed by atoms with Gasteiger partial charge in [0.2, 0.25) is 0 Å². The first-order valence-electron chi connectivity index (χ1n) is 15.4. The molecule has 0 aromatic heterocycles. The second-order valence-electron chi connectivity index (χ2n) is 11.0. The SMILES string of the molecule is CCCCC(CC)COc1ccc(-c2c(CO)ccc(CO)c2-c2ccc(OCC(CC)CCCC)cc2)cc1. The predicted molar refractivity (Wildman–Crippen MR) is 167 cm³/mol. The van der Waals surface area contributed by atoms with Crippen molar-refractivity contribution in [2.45, 2.75) is 92.3 Å². The standard InChI is InChI=1S/C36H50O4/c1-5-9-11-27(7-3)25-39-33-19-15-29(16-20-33)35-31(23-37)13-14-32(24-38)36(35)30-17-21-34(22-18-30)40-26-28(8-4)12-10-6-2/h13-22,27-28,37-38H,5-12,23-26H2,1-4H3. The van der Waals surface area contributed by atoms with Gasteiger partial charge in [-0.15, -0.1) is 0 Å². The molecule has 2 N–H and O–H groups in total. The normalized spacial score (nSPS) is 12.8. The summed E-state index contributed by atoms with van der Waals surface area (Å²) in [6.45, 7) is 10.2. The summed E-state index contributed by atoms with van der Waals surface area (Å²) >= 11 is 0. The summed E-state index contributed by atoms with van der Waals surface area (Å²) in [5.41, 5.74) is 5.51. The van der Waals surface area contributed by atoms with E-state index in [-0.39, 0.29) is 13.2 Å². The maximum absolute atomic E-state index is 10.3. The average Bonchev–Trinajstić information content (AvgIpc) is 3.01. The topological polar surface area (TPSA) is 58.9 Å². The van der Waals surface area contributed by atoms with Crippen LogP contribution in [0.25, 0.3) is 22.3 Å². The van der Waals surface area contributed by atoms with Crippen LogP contribution in [0.1, 0.15) is 90.2 Å². The molecule has 0 amide bonds. The molecule has 3 aromatic carbocycles. The Kier molecular flexibility index (Phi) is 13.5. The molecule has 0 aliphatic rings. The summed E-state index contributed by atoms with van der Waals surface area (Å²) < 4.78 is 12.3. The van der Waals surface area contributed by atoms with Crippen LogP contribution in [0.5, 0.6) is 11.5 Å². The van der Waals surface area contributed by atoms with Gasteiger partial charge in [0.1, 0.15) is 11.5 Å². The summed E-state index contributed by atoms with van der Waals surface area (Å²) in [5.74, 6) is 2.86. The van der Waals surface area contributed by atoms with Crippen molar-refractivity contribution in [2.24, 2.45) is 11.8 Å². The summed E-state index contributed by atoms with van der Waals surface area (Å²) in [7, 11) is 0. The van der Waals surface area contributed by atoms with E-state index in [1.807, 2.05) is 36.4 Å². The van der Waals surface area contributed by atoms with Crippen molar-refractivity contribution >= 4 is 0 Å². The molecule has 0 saturated carbocycles. The fourth-order valence-electron chi connectivity index (χ4n) is 5.27. The van der Waals surface area contributed by atoms with Gasteiger partial charge in [0.25, 0.3) is 0 Å². The zero-order chi connectivity index (χ0) is 28.7. The third kappa shape index (κ3) is 8.84. The molecule has 2 atom stereocenters. The molecule has 40 heavy (non-hydrogen) atoms. The highest BCUT2D eigenvalue weighted by atomic mass is 16.5. The quantitative estimate of drug-likeness (QED) is 0.167. The maximum atomic E-state index is 10.3. The molecule has 218 valence electrons. The first kappa shape index (κ1) is 31.7. The molecule has 4 nitrogen and oxygen atoms in total. The van der Waals surface area contributed by atoms with Gasteiger partial charge in [-0.25, -0.2) is 0 Å². The second-order valence-corrected chi connectivity index (χ2v) is 11.0. The molecule has 3 aromatic rings. The lowest BCUT2D eigenvalue weighted by Crippen LogP contribution is -2.11. The lowest BCUT2D eigenvalue weighted by Gasteiger charge is -2.20. The molecule has 0 saturated heterocycles. The van der Waals surface area contributed by atoms with E-state index in [1.165, 1.54) is 38.5 Å². The first-order chi connectivity index (χ1) is 19.6. The Balaban J connectivity index is 1.85. The molecule has 0 aliphatic carbocycles.